The van der Waals surface area contributed by atoms with Gasteiger partial charge in [0.2, 0.25) is 0 Å². The average Bonchev–Trinajstić information content (AvgIpc) is 4.04. The minimum Gasteiger partial charge on any atom is -0.0622 e. The SMILES string of the molecule is c1ccc(-c2ccccc2-c2c3cc4c(cc3c(-c3ccccc3)c3c5ccc6c7ccc8c9c(ccc(c%10ccc(c23)c5c6%10)c97)-c2c-8c(-c3ccccc3)c3ccccc3c2-c2ccccc2)c2cccc3cccc4c32)cc1. The van der Waals surface area contributed by atoms with Crippen LogP contribution in [-0.4, -0.2) is 0 Å². The first kappa shape index (κ1) is 42.7. The highest BCUT2D eigenvalue weighted by Crippen LogP contribution is 2.61. The second-order valence-corrected chi connectivity index (χ2v) is 22.4. The van der Waals surface area contributed by atoms with Crippen LogP contribution in [-0.2, 0) is 0 Å². The summed E-state index contributed by atoms with van der Waals surface area (Å²) in [6, 6.07) is 101. The average molecular weight is 1010 g/mol. The van der Waals surface area contributed by atoms with Gasteiger partial charge in [-0.05, 0) is 209 Å². The molecule has 0 saturated heterocycles. The second kappa shape index (κ2) is 15.6. The van der Waals surface area contributed by atoms with Crippen LogP contribution in [0.4, 0.5) is 0 Å². The summed E-state index contributed by atoms with van der Waals surface area (Å²) in [5.41, 5.74) is 17.9. The van der Waals surface area contributed by atoms with Gasteiger partial charge >= 0.3 is 0 Å². The second-order valence-electron chi connectivity index (χ2n) is 22.4. The third-order valence-corrected chi connectivity index (χ3v) is 18.6. The first-order valence-electron chi connectivity index (χ1n) is 28.1. The summed E-state index contributed by atoms with van der Waals surface area (Å²) in [6.07, 6.45) is 0. The molecule has 0 amide bonds. The number of fused-ring (bicyclic) bond motifs is 13. The molecule has 0 saturated carbocycles. The molecule has 0 bridgehead atoms. The lowest BCUT2D eigenvalue weighted by Gasteiger charge is -2.20. The molecule has 0 unspecified atom stereocenters. The van der Waals surface area contributed by atoms with E-state index in [-0.39, 0.29) is 0 Å². The van der Waals surface area contributed by atoms with Crippen LogP contribution >= 0.6 is 0 Å². The van der Waals surface area contributed by atoms with Gasteiger partial charge in [0.1, 0.15) is 0 Å². The number of rotatable bonds is 5. The van der Waals surface area contributed by atoms with Crippen molar-refractivity contribution >= 4 is 118 Å². The summed E-state index contributed by atoms with van der Waals surface area (Å²) in [5, 5.41) is 28.8. The van der Waals surface area contributed by atoms with Crippen molar-refractivity contribution < 1.29 is 0 Å². The Morgan fingerprint density at radius 1 is 0.138 bits per heavy atom. The zero-order valence-electron chi connectivity index (χ0n) is 43.4. The molecule has 0 aromatic heterocycles. The number of hydrogen-bond donors (Lipinski definition) is 0. The Hall–Kier alpha value is -10.4. The molecule has 0 fully saturated rings. The quantitative estimate of drug-likeness (QED) is 0.119. The van der Waals surface area contributed by atoms with Gasteiger partial charge in [-0.3, -0.25) is 0 Å². The van der Waals surface area contributed by atoms with Crippen molar-refractivity contribution in [2.75, 3.05) is 0 Å². The van der Waals surface area contributed by atoms with Crippen molar-refractivity contribution in [2.24, 2.45) is 0 Å². The highest BCUT2D eigenvalue weighted by atomic mass is 14.4. The van der Waals surface area contributed by atoms with Gasteiger partial charge < -0.3 is 0 Å². The number of benzene rings is 16. The van der Waals surface area contributed by atoms with Crippen LogP contribution in [0.25, 0.3) is 196 Å². The van der Waals surface area contributed by atoms with Crippen molar-refractivity contribution in [2.45, 2.75) is 0 Å². The van der Waals surface area contributed by atoms with E-state index in [9.17, 15) is 0 Å². The molecule has 0 N–H and O–H groups in total. The molecule has 19 rings (SSSR count). The van der Waals surface area contributed by atoms with Gasteiger partial charge in [0, 0.05) is 0 Å². The van der Waals surface area contributed by atoms with Crippen molar-refractivity contribution in [3.63, 3.8) is 0 Å². The predicted molar refractivity (Wildman–Crippen MR) is 344 cm³/mol. The van der Waals surface area contributed by atoms with E-state index in [0.717, 1.165) is 0 Å². The van der Waals surface area contributed by atoms with Crippen LogP contribution in [0.15, 0.2) is 267 Å². The molecule has 364 valence electrons. The lowest BCUT2D eigenvalue weighted by atomic mass is 9.82. The van der Waals surface area contributed by atoms with E-state index >= 15 is 0 Å². The molecule has 0 atom stereocenters. The molecule has 0 aliphatic heterocycles. The minimum atomic E-state index is 1.21. The maximum absolute atomic E-state index is 2.56. The summed E-state index contributed by atoms with van der Waals surface area (Å²) < 4.78 is 0. The van der Waals surface area contributed by atoms with Crippen LogP contribution in [0.3, 0.4) is 0 Å². The van der Waals surface area contributed by atoms with Crippen molar-refractivity contribution in [1.29, 1.82) is 0 Å². The van der Waals surface area contributed by atoms with E-state index in [0.29, 0.717) is 0 Å². The van der Waals surface area contributed by atoms with Crippen molar-refractivity contribution in [3.8, 4) is 77.9 Å². The highest BCUT2D eigenvalue weighted by molar-refractivity contribution is 6.48. The Morgan fingerprint density at radius 2 is 0.500 bits per heavy atom. The van der Waals surface area contributed by atoms with E-state index in [2.05, 4.69) is 267 Å². The molecule has 80 heavy (non-hydrogen) atoms. The van der Waals surface area contributed by atoms with E-state index in [4.69, 9.17) is 0 Å². The lowest BCUT2D eigenvalue weighted by Crippen LogP contribution is -1.93. The topological polar surface area (TPSA) is 0 Å². The van der Waals surface area contributed by atoms with E-state index in [1.165, 1.54) is 196 Å². The largest absolute Gasteiger partial charge is 0.0622 e. The van der Waals surface area contributed by atoms with Gasteiger partial charge in [-0.1, -0.05) is 255 Å². The van der Waals surface area contributed by atoms with Crippen LogP contribution in [0.5, 0.6) is 0 Å². The van der Waals surface area contributed by atoms with E-state index < -0.39 is 0 Å². The molecule has 0 radical (unpaired) electrons. The first-order valence-corrected chi connectivity index (χ1v) is 28.1. The molecule has 1 aliphatic rings. The first-order chi connectivity index (χ1) is 39.8. The molecule has 0 heteroatoms. The van der Waals surface area contributed by atoms with Crippen LogP contribution < -0.4 is 0 Å². The normalized spacial score (nSPS) is 12.5. The standard InChI is InChI=1S/C80H44/c1-5-19-45(20-6-1)50-29-13-14-30-51(50)74-67-44-65-55-34-18-28-46-27-17-33-54(68(46)55)64(65)43-66(67)71(49-25-11-4-12-26-49)79-62-41-37-58-56-35-39-60-75-61(40-36-57(72(56)75)59-38-42-63(80(74)79)76(62)73(58)59)78-70(48-23-9-3-10-24-48)53-32-16-15-31-52(53)69(77(60)78)47-21-7-2-8-22-47/h1-44H. The fourth-order valence-corrected chi connectivity index (χ4v) is 15.6. The summed E-state index contributed by atoms with van der Waals surface area (Å²) in [6.45, 7) is 0. The van der Waals surface area contributed by atoms with Crippen LogP contribution in [0.1, 0.15) is 0 Å². The van der Waals surface area contributed by atoms with Gasteiger partial charge in [0.15, 0.2) is 0 Å². The maximum Gasteiger partial charge on any atom is -0.000718 e. The molecular formula is C80H44. The molecule has 18 aromatic rings. The van der Waals surface area contributed by atoms with Crippen LogP contribution in [0.2, 0.25) is 0 Å². The van der Waals surface area contributed by atoms with E-state index in [1.807, 2.05) is 0 Å². The summed E-state index contributed by atoms with van der Waals surface area (Å²) in [5.74, 6) is 0. The Kier molecular flexibility index (Phi) is 8.34. The monoisotopic (exact) mass is 1000 g/mol. The maximum atomic E-state index is 2.56. The fourth-order valence-electron chi connectivity index (χ4n) is 15.6. The van der Waals surface area contributed by atoms with Crippen molar-refractivity contribution in [1.82, 2.24) is 0 Å². The molecule has 0 nitrogen and oxygen atoms in total. The minimum absolute atomic E-state index is 1.21. The number of hydrogen-bond acceptors (Lipinski definition) is 0. The lowest BCUT2D eigenvalue weighted by molar-refractivity contribution is 1.61. The Morgan fingerprint density at radius 3 is 1.02 bits per heavy atom. The third-order valence-electron chi connectivity index (χ3n) is 18.6. The van der Waals surface area contributed by atoms with Gasteiger partial charge in [-0.25, -0.2) is 0 Å². The summed E-state index contributed by atoms with van der Waals surface area (Å²) in [7, 11) is 0. The van der Waals surface area contributed by atoms with Gasteiger partial charge in [-0.15, -0.1) is 0 Å². The zero-order valence-corrected chi connectivity index (χ0v) is 43.4. The van der Waals surface area contributed by atoms with Crippen molar-refractivity contribution in [3.05, 3.63) is 267 Å². The summed E-state index contributed by atoms with van der Waals surface area (Å²) >= 11 is 0. The third kappa shape index (κ3) is 5.40. The Balaban J connectivity index is 0.987. The van der Waals surface area contributed by atoms with Crippen LogP contribution in [0, 0.1) is 0 Å². The summed E-state index contributed by atoms with van der Waals surface area (Å²) in [4.78, 5) is 0. The van der Waals surface area contributed by atoms with Gasteiger partial charge in [0.05, 0.1) is 0 Å². The molecule has 1 aliphatic carbocycles. The highest BCUT2D eigenvalue weighted by Gasteiger charge is 2.33. The molecule has 0 spiro atoms. The molecule has 0 heterocycles. The molecular weight excluding hydrogens is 961 g/mol. The smallest absolute Gasteiger partial charge is 0.000718 e. The fraction of sp³-hybridized carbons (Fsp3) is 0. The van der Waals surface area contributed by atoms with Gasteiger partial charge in [0.25, 0.3) is 0 Å². The Labute approximate surface area is 460 Å². The zero-order chi connectivity index (χ0) is 51.9. The predicted octanol–water partition coefficient (Wildman–Crippen LogP) is 22.7. The Bertz CT molecular complexity index is 5510. The van der Waals surface area contributed by atoms with Gasteiger partial charge in [-0.2, -0.15) is 0 Å². The molecule has 18 aromatic carbocycles. The van der Waals surface area contributed by atoms with E-state index in [1.54, 1.807) is 0 Å².